The van der Waals surface area contributed by atoms with Crippen LogP contribution in [0.25, 0.3) is 16.9 Å². The lowest BCUT2D eigenvalue weighted by molar-refractivity contribution is -0.138. The van der Waals surface area contributed by atoms with E-state index < -0.39 is 0 Å². The molecule has 0 spiro atoms. The summed E-state index contributed by atoms with van der Waals surface area (Å²) in [6.45, 7) is 0.659. The molecule has 2 saturated carbocycles. The van der Waals surface area contributed by atoms with Crippen molar-refractivity contribution in [3.8, 4) is 34.2 Å². The van der Waals surface area contributed by atoms with Crippen LogP contribution >= 0.6 is 0 Å². The molecule has 0 unspecified atom stereocenters. The Labute approximate surface area is 229 Å². The van der Waals surface area contributed by atoms with Crippen molar-refractivity contribution in [3.63, 3.8) is 0 Å². The fourth-order valence-electron chi connectivity index (χ4n) is 5.15. The zero-order valence-electron chi connectivity index (χ0n) is 22.8. The molecule has 0 atom stereocenters. The van der Waals surface area contributed by atoms with Gasteiger partial charge in [0.2, 0.25) is 17.8 Å². The van der Waals surface area contributed by atoms with E-state index in [1.807, 2.05) is 53.2 Å². The maximum atomic E-state index is 13.4. The van der Waals surface area contributed by atoms with Gasteiger partial charge in [0.1, 0.15) is 5.75 Å². The molecule has 2 fully saturated rings. The average molecular weight is 533 g/mol. The van der Waals surface area contributed by atoms with Crippen molar-refractivity contribution < 1.29 is 23.8 Å². The Kier molecular flexibility index (Phi) is 8.05. The predicted molar refractivity (Wildman–Crippen MR) is 149 cm³/mol. The number of anilines is 1. The Morgan fingerprint density at radius 1 is 0.949 bits per heavy atom. The molecule has 9 heteroatoms. The van der Waals surface area contributed by atoms with Gasteiger partial charge in [0.15, 0.2) is 11.5 Å². The third kappa shape index (κ3) is 6.19. The lowest BCUT2D eigenvalue weighted by atomic mass is 10.1. The lowest BCUT2D eigenvalue weighted by Gasteiger charge is -2.25. The van der Waals surface area contributed by atoms with E-state index in [-0.39, 0.29) is 24.3 Å². The normalized spacial score (nSPS) is 15.2. The Morgan fingerprint density at radius 3 is 2.31 bits per heavy atom. The molecule has 1 aromatic heterocycles. The van der Waals surface area contributed by atoms with Crippen molar-refractivity contribution in [1.82, 2.24) is 14.5 Å². The molecule has 2 aliphatic rings. The number of rotatable bonds is 11. The molecule has 39 heavy (non-hydrogen) atoms. The molecule has 1 heterocycles. The SMILES string of the molecule is COc1ccc(-c2cn(-c3ccc(OC)c(OC)c3)c(NC(=O)CN(CC3CC3)C(=O)C3CCCC3)n2)cc1. The van der Waals surface area contributed by atoms with E-state index in [0.717, 1.165) is 55.5 Å². The highest BCUT2D eigenvalue weighted by Gasteiger charge is 2.33. The molecule has 2 aliphatic carbocycles. The molecule has 0 radical (unpaired) electrons. The van der Waals surface area contributed by atoms with Crippen LogP contribution in [0.2, 0.25) is 0 Å². The lowest BCUT2D eigenvalue weighted by Crippen LogP contribution is -2.42. The number of methoxy groups -OCH3 is 3. The number of carbonyl (C=O) groups is 2. The third-order valence-electron chi connectivity index (χ3n) is 7.51. The van der Waals surface area contributed by atoms with E-state index >= 15 is 0 Å². The van der Waals surface area contributed by atoms with E-state index in [1.54, 1.807) is 26.2 Å². The van der Waals surface area contributed by atoms with Crippen LogP contribution in [0.5, 0.6) is 17.2 Å². The number of benzene rings is 2. The van der Waals surface area contributed by atoms with E-state index in [4.69, 9.17) is 19.2 Å². The van der Waals surface area contributed by atoms with E-state index in [1.165, 1.54) is 0 Å². The number of ether oxygens (including phenoxy) is 3. The first-order valence-corrected chi connectivity index (χ1v) is 13.5. The number of carbonyl (C=O) groups excluding carboxylic acids is 2. The van der Waals surface area contributed by atoms with Gasteiger partial charge in [0.05, 0.1) is 39.3 Å². The monoisotopic (exact) mass is 532 g/mol. The molecule has 0 saturated heterocycles. The molecule has 1 N–H and O–H groups in total. The van der Waals surface area contributed by atoms with Crippen molar-refractivity contribution in [1.29, 1.82) is 0 Å². The van der Waals surface area contributed by atoms with Gasteiger partial charge in [0, 0.05) is 30.3 Å². The van der Waals surface area contributed by atoms with E-state index in [2.05, 4.69) is 5.32 Å². The number of aromatic nitrogens is 2. The van der Waals surface area contributed by atoms with Gasteiger partial charge in [-0.15, -0.1) is 0 Å². The van der Waals surface area contributed by atoms with Crippen LogP contribution in [-0.4, -0.2) is 60.7 Å². The zero-order chi connectivity index (χ0) is 27.4. The van der Waals surface area contributed by atoms with Crippen LogP contribution in [0, 0.1) is 11.8 Å². The summed E-state index contributed by atoms with van der Waals surface area (Å²) in [5.41, 5.74) is 2.30. The van der Waals surface area contributed by atoms with Gasteiger partial charge >= 0.3 is 0 Å². The predicted octanol–water partition coefficient (Wildman–Crippen LogP) is 4.93. The maximum Gasteiger partial charge on any atom is 0.246 e. The molecule has 0 aliphatic heterocycles. The third-order valence-corrected chi connectivity index (χ3v) is 7.51. The Morgan fingerprint density at radius 2 is 1.67 bits per heavy atom. The number of amides is 2. The second-order valence-electron chi connectivity index (χ2n) is 10.3. The van der Waals surface area contributed by atoms with Crippen LogP contribution in [-0.2, 0) is 9.59 Å². The van der Waals surface area contributed by atoms with Crippen LogP contribution in [0.3, 0.4) is 0 Å². The highest BCUT2D eigenvalue weighted by atomic mass is 16.5. The molecule has 206 valence electrons. The van der Waals surface area contributed by atoms with Crippen molar-refractivity contribution in [3.05, 3.63) is 48.7 Å². The highest BCUT2D eigenvalue weighted by Crippen LogP contribution is 2.34. The molecular formula is C30H36N4O5. The quantitative estimate of drug-likeness (QED) is 0.376. The Balaban J connectivity index is 1.43. The number of hydrogen-bond donors (Lipinski definition) is 1. The molecule has 0 bridgehead atoms. The largest absolute Gasteiger partial charge is 0.497 e. The second-order valence-corrected chi connectivity index (χ2v) is 10.3. The minimum absolute atomic E-state index is 0.0164. The minimum atomic E-state index is -0.268. The van der Waals surface area contributed by atoms with Crippen LogP contribution in [0.15, 0.2) is 48.7 Å². The molecular weight excluding hydrogens is 496 g/mol. The number of imidazole rings is 1. The summed E-state index contributed by atoms with van der Waals surface area (Å²) in [6.07, 6.45) is 8.08. The van der Waals surface area contributed by atoms with Gasteiger partial charge in [-0.2, -0.15) is 0 Å². The molecule has 2 amide bonds. The van der Waals surface area contributed by atoms with Gasteiger partial charge in [-0.25, -0.2) is 4.98 Å². The smallest absolute Gasteiger partial charge is 0.246 e. The Hall–Kier alpha value is -4.01. The number of nitrogens with zero attached hydrogens (tertiary/aromatic N) is 3. The second kappa shape index (κ2) is 11.8. The number of nitrogens with one attached hydrogen (secondary N) is 1. The fraction of sp³-hybridized carbons (Fsp3) is 0.433. The van der Waals surface area contributed by atoms with Gasteiger partial charge in [-0.1, -0.05) is 12.8 Å². The standard InChI is InChI=1S/C30H36N4O5/c1-37-24-13-10-21(11-14-24)25-18-34(23-12-15-26(38-2)27(16-23)39-3)30(31-25)32-28(35)19-33(17-20-8-9-20)29(36)22-6-4-5-7-22/h10-16,18,20,22H,4-9,17,19H2,1-3H3,(H,31,32,35). The topological polar surface area (TPSA) is 94.9 Å². The van der Waals surface area contributed by atoms with E-state index in [9.17, 15) is 9.59 Å². The van der Waals surface area contributed by atoms with Crippen LogP contribution < -0.4 is 19.5 Å². The maximum absolute atomic E-state index is 13.4. The molecule has 3 aromatic rings. The number of hydrogen-bond acceptors (Lipinski definition) is 6. The average Bonchev–Trinajstić information content (AvgIpc) is 3.43. The van der Waals surface area contributed by atoms with Crippen LogP contribution in [0.4, 0.5) is 5.95 Å². The van der Waals surface area contributed by atoms with Gasteiger partial charge in [0.25, 0.3) is 0 Å². The summed E-state index contributed by atoms with van der Waals surface area (Å²) in [7, 11) is 4.79. The summed E-state index contributed by atoms with van der Waals surface area (Å²) < 4.78 is 18.0. The summed E-state index contributed by atoms with van der Waals surface area (Å²) >= 11 is 0. The first-order chi connectivity index (χ1) is 19.0. The molecule has 5 rings (SSSR count). The minimum Gasteiger partial charge on any atom is -0.497 e. The van der Waals surface area contributed by atoms with Crippen molar-refractivity contribution in [2.75, 3.05) is 39.7 Å². The summed E-state index contributed by atoms with van der Waals surface area (Å²) in [6, 6.07) is 13.1. The molecule has 2 aromatic carbocycles. The van der Waals surface area contributed by atoms with Crippen molar-refractivity contribution in [2.45, 2.75) is 38.5 Å². The first kappa shape index (κ1) is 26.6. The summed E-state index contributed by atoms with van der Waals surface area (Å²) in [5.74, 6) is 2.64. The van der Waals surface area contributed by atoms with E-state index in [0.29, 0.717) is 35.6 Å². The first-order valence-electron chi connectivity index (χ1n) is 13.5. The van der Waals surface area contributed by atoms with Crippen LogP contribution in [0.1, 0.15) is 38.5 Å². The highest BCUT2D eigenvalue weighted by molar-refractivity contribution is 5.94. The Bertz CT molecular complexity index is 1310. The van der Waals surface area contributed by atoms with Gasteiger partial charge in [-0.3, -0.25) is 19.5 Å². The van der Waals surface area contributed by atoms with Gasteiger partial charge < -0.3 is 19.1 Å². The molecule has 9 nitrogen and oxygen atoms in total. The fourth-order valence-corrected chi connectivity index (χ4v) is 5.15. The van der Waals surface area contributed by atoms with Crippen molar-refractivity contribution >= 4 is 17.8 Å². The zero-order valence-corrected chi connectivity index (χ0v) is 22.8. The van der Waals surface area contributed by atoms with Crippen molar-refractivity contribution in [2.24, 2.45) is 11.8 Å². The summed E-state index contributed by atoms with van der Waals surface area (Å²) in [5, 5.41) is 2.98. The van der Waals surface area contributed by atoms with Gasteiger partial charge in [-0.05, 0) is 68.0 Å². The summed E-state index contributed by atoms with van der Waals surface area (Å²) in [4.78, 5) is 33.1.